The zero-order valence-electron chi connectivity index (χ0n) is 12.0. The van der Waals surface area contributed by atoms with Gasteiger partial charge in [-0.1, -0.05) is 46.9 Å². The van der Waals surface area contributed by atoms with E-state index in [1.165, 1.54) is 0 Å². The molecule has 2 rings (SSSR count). The Morgan fingerprint density at radius 3 is 2.32 bits per heavy atom. The lowest BCUT2D eigenvalue weighted by atomic mass is 10.0. The summed E-state index contributed by atoms with van der Waals surface area (Å²) < 4.78 is 4.96. The second-order valence-corrected chi connectivity index (χ2v) is 6.07. The number of rotatable bonds is 5. The highest BCUT2D eigenvalue weighted by Crippen LogP contribution is 2.27. The second-order valence-electron chi connectivity index (χ2n) is 4.82. The average molecular weight is 358 g/mol. The maximum absolute atomic E-state index is 11.6. The van der Waals surface area contributed by atoms with Gasteiger partial charge in [0, 0.05) is 21.5 Å². The number of benzene rings is 2. The fourth-order valence-electron chi connectivity index (χ4n) is 2.14. The van der Waals surface area contributed by atoms with Crippen molar-refractivity contribution in [1.29, 1.82) is 0 Å². The number of halogens is 3. The van der Waals surface area contributed by atoms with Crippen LogP contribution >= 0.6 is 34.8 Å². The summed E-state index contributed by atoms with van der Waals surface area (Å²) in [6, 6.07) is 10.8. The number of esters is 1. The predicted octanol–water partition coefficient (Wildman–Crippen LogP) is 5.34. The van der Waals surface area contributed by atoms with Gasteiger partial charge in [-0.25, -0.2) is 0 Å². The summed E-state index contributed by atoms with van der Waals surface area (Å²) in [4.78, 5) is 11.6. The van der Waals surface area contributed by atoms with Crippen LogP contribution in [0.3, 0.4) is 0 Å². The van der Waals surface area contributed by atoms with E-state index in [-0.39, 0.29) is 12.4 Å². The highest BCUT2D eigenvalue weighted by Gasteiger charge is 2.10. The molecule has 0 aliphatic rings. The molecule has 5 heteroatoms. The molecule has 0 aliphatic carbocycles. The molecule has 22 heavy (non-hydrogen) atoms. The molecule has 0 aromatic heterocycles. The second kappa shape index (κ2) is 7.87. The van der Waals surface area contributed by atoms with Crippen LogP contribution < -0.4 is 0 Å². The van der Waals surface area contributed by atoms with Crippen LogP contribution in [0.2, 0.25) is 15.1 Å². The highest BCUT2D eigenvalue weighted by atomic mass is 35.5. The Hall–Kier alpha value is -1.22. The third-order valence-corrected chi connectivity index (χ3v) is 4.13. The zero-order chi connectivity index (χ0) is 16.1. The molecule has 0 spiro atoms. The molecule has 0 aliphatic heterocycles. The van der Waals surface area contributed by atoms with Gasteiger partial charge in [-0.2, -0.15) is 0 Å². The normalized spacial score (nSPS) is 10.5. The first-order chi connectivity index (χ1) is 10.5. The Labute approximate surface area is 144 Å². The van der Waals surface area contributed by atoms with E-state index >= 15 is 0 Å². The summed E-state index contributed by atoms with van der Waals surface area (Å²) in [6.07, 6.45) is 0.774. The molecule has 2 aromatic rings. The topological polar surface area (TPSA) is 26.3 Å². The van der Waals surface area contributed by atoms with Crippen molar-refractivity contribution in [1.82, 2.24) is 0 Å². The Balaban J connectivity index is 2.23. The van der Waals surface area contributed by atoms with Crippen molar-refractivity contribution in [3.05, 3.63) is 68.2 Å². The van der Waals surface area contributed by atoms with Gasteiger partial charge in [-0.3, -0.25) is 4.79 Å². The third-order valence-electron chi connectivity index (χ3n) is 3.15. The van der Waals surface area contributed by atoms with E-state index in [4.69, 9.17) is 39.5 Å². The van der Waals surface area contributed by atoms with Crippen molar-refractivity contribution < 1.29 is 9.53 Å². The van der Waals surface area contributed by atoms with Crippen LogP contribution in [-0.4, -0.2) is 12.6 Å². The molecular weight excluding hydrogens is 343 g/mol. The lowest BCUT2D eigenvalue weighted by Gasteiger charge is -2.09. The van der Waals surface area contributed by atoms with Crippen LogP contribution in [-0.2, 0) is 22.4 Å². The van der Waals surface area contributed by atoms with Crippen LogP contribution in [0.25, 0.3) is 0 Å². The van der Waals surface area contributed by atoms with E-state index in [9.17, 15) is 4.79 Å². The molecule has 0 N–H and O–H groups in total. The molecule has 0 heterocycles. The zero-order valence-corrected chi connectivity index (χ0v) is 14.3. The van der Waals surface area contributed by atoms with Crippen molar-refractivity contribution in [2.75, 3.05) is 6.61 Å². The van der Waals surface area contributed by atoms with Gasteiger partial charge in [0.25, 0.3) is 0 Å². The van der Waals surface area contributed by atoms with E-state index in [0.717, 1.165) is 16.7 Å². The van der Waals surface area contributed by atoms with E-state index in [1.54, 1.807) is 25.1 Å². The first-order valence-electron chi connectivity index (χ1n) is 6.86. The highest BCUT2D eigenvalue weighted by molar-refractivity contribution is 6.33. The molecule has 0 atom stereocenters. The Morgan fingerprint density at radius 2 is 1.64 bits per heavy atom. The number of hydrogen-bond acceptors (Lipinski definition) is 2. The van der Waals surface area contributed by atoms with Crippen LogP contribution in [0.1, 0.15) is 23.6 Å². The van der Waals surface area contributed by atoms with Gasteiger partial charge in [-0.05, 0) is 47.9 Å². The van der Waals surface area contributed by atoms with Gasteiger partial charge < -0.3 is 4.74 Å². The molecule has 0 unspecified atom stereocenters. The van der Waals surface area contributed by atoms with E-state index in [1.807, 2.05) is 18.2 Å². The summed E-state index contributed by atoms with van der Waals surface area (Å²) in [5, 5.41) is 1.89. The van der Waals surface area contributed by atoms with E-state index in [0.29, 0.717) is 28.1 Å². The first kappa shape index (κ1) is 17.1. The standard InChI is InChI=1S/C17H15Cl3O2/c1-2-22-17(21)8-11-3-5-15(19)12(7-11)9-13-10-14(18)4-6-16(13)20/h3-7,10H,2,8-9H2,1H3. The minimum Gasteiger partial charge on any atom is -0.466 e. The van der Waals surface area contributed by atoms with Crippen molar-refractivity contribution >= 4 is 40.8 Å². The molecule has 0 fully saturated rings. The lowest BCUT2D eigenvalue weighted by molar-refractivity contribution is -0.142. The third kappa shape index (κ3) is 4.64. The fraction of sp³-hybridized carbons (Fsp3) is 0.235. The summed E-state index contributed by atoms with van der Waals surface area (Å²) >= 11 is 18.4. The minimum atomic E-state index is -0.253. The number of hydrogen-bond donors (Lipinski definition) is 0. The predicted molar refractivity (Wildman–Crippen MR) is 91.1 cm³/mol. The quantitative estimate of drug-likeness (QED) is 0.675. The SMILES string of the molecule is CCOC(=O)Cc1ccc(Cl)c(Cc2cc(Cl)ccc2Cl)c1. The molecule has 0 saturated heterocycles. The summed E-state index contributed by atoms with van der Waals surface area (Å²) in [5.41, 5.74) is 2.65. The maximum Gasteiger partial charge on any atom is 0.310 e. The molecule has 0 bridgehead atoms. The van der Waals surface area contributed by atoms with Crippen LogP contribution in [0, 0.1) is 0 Å². The van der Waals surface area contributed by atoms with Crippen molar-refractivity contribution in [3.8, 4) is 0 Å². The lowest BCUT2D eigenvalue weighted by Crippen LogP contribution is -2.07. The van der Waals surface area contributed by atoms with Crippen molar-refractivity contribution in [3.63, 3.8) is 0 Å². The Kier molecular flexibility index (Phi) is 6.13. The minimum absolute atomic E-state index is 0.223. The van der Waals surface area contributed by atoms with Gasteiger partial charge in [0.15, 0.2) is 0 Å². The van der Waals surface area contributed by atoms with Gasteiger partial charge in [0.2, 0.25) is 0 Å². The first-order valence-corrected chi connectivity index (χ1v) is 8.00. The summed E-state index contributed by atoms with van der Waals surface area (Å²) in [6.45, 7) is 2.16. The van der Waals surface area contributed by atoms with Gasteiger partial charge in [-0.15, -0.1) is 0 Å². The van der Waals surface area contributed by atoms with Crippen LogP contribution in [0.5, 0.6) is 0 Å². The van der Waals surface area contributed by atoms with E-state index in [2.05, 4.69) is 0 Å². The van der Waals surface area contributed by atoms with Crippen molar-refractivity contribution in [2.24, 2.45) is 0 Å². The number of ether oxygens (including phenoxy) is 1. The molecular formula is C17H15Cl3O2. The van der Waals surface area contributed by atoms with Crippen molar-refractivity contribution in [2.45, 2.75) is 19.8 Å². The smallest absolute Gasteiger partial charge is 0.310 e. The molecule has 0 amide bonds. The molecule has 0 saturated carbocycles. The molecule has 0 radical (unpaired) electrons. The monoisotopic (exact) mass is 356 g/mol. The largest absolute Gasteiger partial charge is 0.466 e. The Bertz CT molecular complexity index is 684. The molecule has 2 nitrogen and oxygen atoms in total. The number of carbonyl (C=O) groups is 1. The Morgan fingerprint density at radius 1 is 1.00 bits per heavy atom. The number of carbonyl (C=O) groups excluding carboxylic acids is 1. The van der Waals surface area contributed by atoms with E-state index < -0.39 is 0 Å². The average Bonchev–Trinajstić information content (AvgIpc) is 2.46. The molecule has 2 aromatic carbocycles. The van der Waals surface area contributed by atoms with Gasteiger partial charge in [0.05, 0.1) is 13.0 Å². The summed E-state index contributed by atoms with van der Waals surface area (Å²) in [7, 11) is 0. The summed E-state index contributed by atoms with van der Waals surface area (Å²) in [5.74, 6) is -0.253. The van der Waals surface area contributed by atoms with Crippen LogP contribution in [0.15, 0.2) is 36.4 Å². The fourth-order valence-corrected chi connectivity index (χ4v) is 2.70. The maximum atomic E-state index is 11.6. The van der Waals surface area contributed by atoms with Gasteiger partial charge >= 0.3 is 5.97 Å². The van der Waals surface area contributed by atoms with Crippen LogP contribution in [0.4, 0.5) is 0 Å². The molecule has 116 valence electrons. The van der Waals surface area contributed by atoms with Gasteiger partial charge in [0.1, 0.15) is 0 Å².